The average molecular weight is 260 g/mol. The summed E-state index contributed by atoms with van der Waals surface area (Å²) in [6.45, 7) is 6.01. The normalized spacial score (nSPS) is 10.4. The maximum Gasteiger partial charge on any atom is 0.263 e. The van der Waals surface area contributed by atoms with E-state index in [1.54, 1.807) is 7.05 Å². The smallest absolute Gasteiger partial charge is 0.263 e. The summed E-state index contributed by atoms with van der Waals surface area (Å²) < 4.78 is 0. The Hall–Kier alpha value is -1.68. The number of hydrogen-bond acceptors (Lipinski definition) is 3. The van der Waals surface area contributed by atoms with Crippen LogP contribution < -0.4 is 5.32 Å². The molecule has 94 valence electrons. The van der Waals surface area contributed by atoms with Gasteiger partial charge in [-0.2, -0.15) is 0 Å². The second-order valence-corrected chi connectivity index (χ2v) is 5.33. The second kappa shape index (κ2) is 4.90. The molecule has 0 bridgehead atoms. The largest absolute Gasteiger partial charge is 0.354 e. The highest BCUT2D eigenvalue weighted by Crippen LogP contribution is 2.30. The van der Waals surface area contributed by atoms with Crippen molar-refractivity contribution in [1.29, 1.82) is 0 Å². The van der Waals surface area contributed by atoms with Crippen molar-refractivity contribution in [2.45, 2.75) is 20.8 Å². The Balaban J connectivity index is 2.49. The fourth-order valence-electron chi connectivity index (χ4n) is 1.89. The average Bonchev–Trinajstić information content (AvgIpc) is 2.70. The van der Waals surface area contributed by atoms with E-state index < -0.39 is 0 Å². The summed E-state index contributed by atoms with van der Waals surface area (Å²) in [6.07, 6.45) is 0. The lowest BCUT2D eigenvalue weighted by Crippen LogP contribution is -2.17. The Morgan fingerprint density at radius 3 is 2.61 bits per heavy atom. The molecule has 1 heterocycles. The summed E-state index contributed by atoms with van der Waals surface area (Å²) in [4.78, 5) is 16.9. The summed E-state index contributed by atoms with van der Waals surface area (Å²) in [6, 6.07) is 6.26. The van der Waals surface area contributed by atoms with Crippen LogP contribution in [0.15, 0.2) is 18.2 Å². The Kier molecular flexibility index (Phi) is 3.48. The molecule has 2 rings (SSSR count). The highest BCUT2D eigenvalue weighted by Gasteiger charge is 2.15. The van der Waals surface area contributed by atoms with Gasteiger partial charge in [0.25, 0.3) is 5.91 Å². The van der Waals surface area contributed by atoms with Gasteiger partial charge >= 0.3 is 0 Å². The number of nitrogens with zero attached hydrogens (tertiary/aromatic N) is 1. The van der Waals surface area contributed by atoms with Crippen molar-refractivity contribution < 1.29 is 4.79 Å². The molecule has 4 heteroatoms. The number of hydrogen-bond donors (Lipinski definition) is 1. The van der Waals surface area contributed by atoms with Crippen LogP contribution in [0, 0.1) is 20.8 Å². The van der Waals surface area contributed by atoms with E-state index in [1.165, 1.54) is 22.5 Å². The van der Waals surface area contributed by atoms with E-state index in [-0.39, 0.29) is 5.91 Å². The van der Waals surface area contributed by atoms with E-state index in [1.807, 2.05) is 6.92 Å². The molecule has 0 radical (unpaired) electrons. The quantitative estimate of drug-likeness (QED) is 0.901. The number of benzene rings is 1. The van der Waals surface area contributed by atoms with Crippen molar-refractivity contribution in [2.24, 2.45) is 0 Å². The van der Waals surface area contributed by atoms with Crippen LogP contribution >= 0.6 is 11.3 Å². The molecule has 0 unspecified atom stereocenters. The van der Waals surface area contributed by atoms with Gasteiger partial charge < -0.3 is 5.32 Å². The molecule has 0 aliphatic rings. The number of aryl methyl sites for hydroxylation is 3. The predicted octanol–water partition coefficient (Wildman–Crippen LogP) is 3.09. The highest BCUT2D eigenvalue weighted by molar-refractivity contribution is 7.17. The molecule has 18 heavy (non-hydrogen) atoms. The third-order valence-corrected chi connectivity index (χ3v) is 4.03. The summed E-state index contributed by atoms with van der Waals surface area (Å²) in [5.41, 5.74) is 4.31. The van der Waals surface area contributed by atoms with Crippen molar-refractivity contribution in [2.75, 3.05) is 7.05 Å². The minimum absolute atomic E-state index is 0.0685. The van der Waals surface area contributed by atoms with Crippen LogP contribution in [0.2, 0.25) is 0 Å². The van der Waals surface area contributed by atoms with Crippen LogP contribution in [0.3, 0.4) is 0 Å². The first-order chi connectivity index (χ1) is 8.52. The van der Waals surface area contributed by atoms with Gasteiger partial charge in [0.05, 0.1) is 5.69 Å². The number of aromatic nitrogens is 1. The molecule has 1 aromatic carbocycles. The maximum atomic E-state index is 11.7. The first-order valence-electron chi connectivity index (χ1n) is 5.80. The Bertz CT molecular complexity index is 602. The minimum atomic E-state index is -0.0685. The van der Waals surface area contributed by atoms with Crippen molar-refractivity contribution in [3.8, 4) is 10.6 Å². The molecule has 0 fully saturated rings. The summed E-state index contributed by atoms with van der Waals surface area (Å²) in [5.74, 6) is -0.0685. The number of carbonyl (C=O) groups excluding carboxylic acids is 1. The van der Waals surface area contributed by atoms with Gasteiger partial charge in [-0.3, -0.25) is 4.79 Å². The lowest BCUT2D eigenvalue weighted by atomic mass is 10.1. The lowest BCUT2D eigenvalue weighted by Gasteiger charge is -2.02. The number of nitrogens with one attached hydrogen (secondary N) is 1. The summed E-state index contributed by atoms with van der Waals surface area (Å²) >= 11 is 1.44. The molecule has 2 aromatic rings. The zero-order chi connectivity index (χ0) is 13.3. The molecule has 3 nitrogen and oxygen atoms in total. The fourth-order valence-corrected chi connectivity index (χ4v) is 2.99. The Morgan fingerprint density at radius 2 is 2.00 bits per heavy atom. The van der Waals surface area contributed by atoms with Gasteiger partial charge in [0, 0.05) is 12.6 Å². The molecule has 0 spiro atoms. The van der Waals surface area contributed by atoms with Gasteiger partial charge in [0.1, 0.15) is 9.88 Å². The molecule has 1 amide bonds. The number of amides is 1. The molecule has 0 saturated heterocycles. The molecule has 0 saturated carbocycles. The van der Waals surface area contributed by atoms with Gasteiger partial charge in [-0.05, 0) is 26.3 Å². The summed E-state index contributed by atoms with van der Waals surface area (Å²) in [5, 5.41) is 3.55. The van der Waals surface area contributed by atoms with E-state index in [2.05, 4.69) is 42.3 Å². The Labute approximate surface area is 111 Å². The SMILES string of the molecule is CNC(=O)c1sc(-c2ccc(C)cc2C)nc1C. The molecule has 0 aliphatic carbocycles. The zero-order valence-electron chi connectivity index (χ0n) is 11.0. The summed E-state index contributed by atoms with van der Waals surface area (Å²) in [7, 11) is 1.64. The van der Waals surface area contributed by atoms with E-state index >= 15 is 0 Å². The first-order valence-corrected chi connectivity index (χ1v) is 6.61. The number of rotatable bonds is 2. The second-order valence-electron chi connectivity index (χ2n) is 4.33. The van der Waals surface area contributed by atoms with Crippen molar-refractivity contribution in [3.05, 3.63) is 39.9 Å². The van der Waals surface area contributed by atoms with Gasteiger partial charge in [-0.25, -0.2) is 4.98 Å². The molecule has 0 aliphatic heterocycles. The standard InChI is InChI=1S/C14H16N2OS/c1-8-5-6-11(9(2)7-8)14-16-10(3)12(18-14)13(17)15-4/h5-7H,1-4H3,(H,15,17). The highest BCUT2D eigenvalue weighted by atomic mass is 32.1. The van der Waals surface area contributed by atoms with Gasteiger partial charge in [-0.15, -0.1) is 11.3 Å². The first kappa shape index (κ1) is 12.8. The fraction of sp³-hybridized carbons (Fsp3) is 0.286. The predicted molar refractivity (Wildman–Crippen MR) is 75.2 cm³/mol. The van der Waals surface area contributed by atoms with E-state index in [9.17, 15) is 4.79 Å². The zero-order valence-corrected chi connectivity index (χ0v) is 11.8. The van der Waals surface area contributed by atoms with E-state index in [0.717, 1.165) is 16.3 Å². The molecular weight excluding hydrogens is 244 g/mol. The Morgan fingerprint density at radius 1 is 1.28 bits per heavy atom. The monoisotopic (exact) mass is 260 g/mol. The van der Waals surface area contributed by atoms with Crippen molar-refractivity contribution in [1.82, 2.24) is 10.3 Å². The molecule has 0 atom stereocenters. The van der Waals surface area contributed by atoms with Crippen LogP contribution in [-0.2, 0) is 0 Å². The van der Waals surface area contributed by atoms with Crippen LogP contribution in [0.4, 0.5) is 0 Å². The van der Waals surface area contributed by atoms with Gasteiger partial charge in [-0.1, -0.05) is 23.8 Å². The van der Waals surface area contributed by atoms with Crippen molar-refractivity contribution in [3.63, 3.8) is 0 Å². The van der Waals surface area contributed by atoms with Crippen LogP contribution in [0.1, 0.15) is 26.5 Å². The lowest BCUT2D eigenvalue weighted by molar-refractivity contribution is 0.0966. The van der Waals surface area contributed by atoms with Gasteiger partial charge in [0.15, 0.2) is 0 Å². The third kappa shape index (κ3) is 2.29. The van der Waals surface area contributed by atoms with Crippen molar-refractivity contribution >= 4 is 17.2 Å². The number of carbonyl (C=O) groups is 1. The maximum absolute atomic E-state index is 11.7. The third-order valence-electron chi connectivity index (χ3n) is 2.84. The van der Waals surface area contributed by atoms with E-state index in [4.69, 9.17) is 0 Å². The van der Waals surface area contributed by atoms with Gasteiger partial charge in [0.2, 0.25) is 0 Å². The number of thiazole rings is 1. The van der Waals surface area contributed by atoms with Crippen LogP contribution in [0.5, 0.6) is 0 Å². The topological polar surface area (TPSA) is 42.0 Å². The van der Waals surface area contributed by atoms with E-state index in [0.29, 0.717) is 4.88 Å². The van der Waals surface area contributed by atoms with Crippen LogP contribution in [0.25, 0.3) is 10.6 Å². The molecule has 1 aromatic heterocycles. The molecular formula is C14H16N2OS. The minimum Gasteiger partial charge on any atom is -0.354 e. The van der Waals surface area contributed by atoms with Crippen LogP contribution in [-0.4, -0.2) is 17.9 Å². The molecule has 1 N–H and O–H groups in total.